The van der Waals surface area contributed by atoms with Gasteiger partial charge in [0.15, 0.2) is 6.10 Å². The van der Waals surface area contributed by atoms with Crippen molar-refractivity contribution in [3.8, 4) is 5.75 Å². The summed E-state index contributed by atoms with van der Waals surface area (Å²) in [6.07, 6.45) is 2.30. The first-order valence-corrected chi connectivity index (χ1v) is 10.1. The largest absolute Gasteiger partial charge is 0.480 e. The lowest BCUT2D eigenvalue weighted by molar-refractivity contribution is -0.122. The fourth-order valence-electron chi connectivity index (χ4n) is 3.10. The first-order chi connectivity index (χ1) is 13.5. The molecule has 7 heteroatoms. The number of piperidine rings is 1. The van der Waals surface area contributed by atoms with E-state index in [4.69, 9.17) is 4.74 Å². The van der Waals surface area contributed by atoms with Crippen LogP contribution in [0.1, 0.15) is 36.5 Å². The van der Waals surface area contributed by atoms with Crippen LogP contribution < -0.4 is 10.1 Å². The van der Waals surface area contributed by atoms with Crippen molar-refractivity contribution in [2.24, 2.45) is 0 Å². The van der Waals surface area contributed by atoms with Gasteiger partial charge in [-0.3, -0.25) is 9.59 Å². The average molecular weight is 449 g/mol. The molecule has 2 aromatic rings. The van der Waals surface area contributed by atoms with Gasteiger partial charge in [0.05, 0.1) is 15.7 Å². The highest BCUT2D eigenvalue weighted by molar-refractivity contribution is 9.10. The van der Waals surface area contributed by atoms with Gasteiger partial charge in [0.1, 0.15) is 11.6 Å². The molecule has 0 aromatic heterocycles. The first kappa shape index (κ1) is 20.3. The number of ether oxygens (including phenoxy) is 1. The Morgan fingerprint density at radius 3 is 2.57 bits per heavy atom. The van der Waals surface area contributed by atoms with Gasteiger partial charge in [-0.15, -0.1) is 0 Å². The van der Waals surface area contributed by atoms with E-state index in [1.165, 1.54) is 18.2 Å². The van der Waals surface area contributed by atoms with Crippen molar-refractivity contribution in [1.29, 1.82) is 0 Å². The quantitative estimate of drug-likeness (QED) is 0.725. The second kappa shape index (κ2) is 9.19. The summed E-state index contributed by atoms with van der Waals surface area (Å²) in [7, 11) is 0. The molecule has 0 saturated carbocycles. The predicted octanol–water partition coefficient (Wildman–Crippen LogP) is 4.62. The number of anilines is 1. The van der Waals surface area contributed by atoms with Crippen molar-refractivity contribution in [1.82, 2.24) is 4.90 Å². The molecule has 1 saturated heterocycles. The fraction of sp³-hybridized carbons (Fsp3) is 0.333. The van der Waals surface area contributed by atoms with E-state index < -0.39 is 17.8 Å². The monoisotopic (exact) mass is 448 g/mol. The Morgan fingerprint density at radius 2 is 1.86 bits per heavy atom. The van der Waals surface area contributed by atoms with Crippen LogP contribution in [0.4, 0.5) is 10.1 Å². The maximum Gasteiger partial charge on any atom is 0.265 e. The molecule has 1 aliphatic heterocycles. The molecule has 0 radical (unpaired) electrons. The molecule has 2 amide bonds. The lowest BCUT2D eigenvalue weighted by Gasteiger charge is -2.27. The Labute approximate surface area is 172 Å². The molecule has 3 rings (SSSR count). The lowest BCUT2D eigenvalue weighted by Crippen LogP contribution is -2.36. The third-order valence-electron chi connectivity index (χ3n) is 4.63. The van der Waals surface area contributed by atoms with Gasteiger partial charge >= 0.3 is 0 Å². The summed E-state index contributed by atoms with van der Waals surface area (Å²) in [5, 5.41) is 2.78. The number of carbonyl (C=O) groups excluding carboxylic acids is 2. The van der Waals surface area contributed by atoms with Gasteiger partial charge in [0, 0.05) is 13.1 Å². The van der Waals surface area contributed by atoms with Gasteiger partial charge < -0.3 is 15.0 Å². The Balaban J connectivity index is 1.70. The predicted molar refractivity (Wildman–Crippen MR) is 109 cm³/mol. The van der Waals surface area contributed by atoms with E-state index in [-0.39, 0.29) is 5.91 Å². The van der Waals surface area contributed by atoms with Crippen LogP contribution in [0.2, 0.25) is 0 Å². The maximum atomic E-state index is 13.2. The highest BCUT2D eigenvalue weighted by Crippen LogP contribution is 2.27. The molecule has 1 atom stereocenters. The summed E-state index contributed by atoms with van der Waals surface area (Å²) < 4.78 is 19.3. The van der Waals surface area contributed by atoms with E-state index in [1.54, 1.807) is 31.2 Å². The number of halogens is 2. The number of hydrogen-bond acceptors (Lipinski definition) is 3. The van der Waals surface area contributed by atoms with Gasteiger partial charge in [0.2, 0.25) is 0 Å². The first-order valence-electron chi connectivity index (χ1n) is 9.26. The Morgan fingerprint density at radius 1 is 1.14 bits per heavy atom. The molecule has 1 aliphatic rings. The molecule has 28 heavy (non-hydrogen) atoms. The normalized spacial score (nSPS) is 15.0. The lowest BCUT2D eigenvalue weighted by atomic mass is 10.1. The van der Waals surface area contributed by atoms with Crippen LogP contribution in [0, 0.1) is 5.82 Å². The van der Waals surface area contributed by atoms with Crippen molar-refractivity contribution in [2.75, 3.05) is 18.4 Å². The van der Waals surface area contributed by atoms with Crippen molar-refractivity contribution in [2.45, 2.75) is 32.3 Å². The van der Waals surface area contributed by atoms with E-state index in [1.807, 2.05) is 4.90 Å². The van der Waals surface area contributed by atoms with Crippen LogP contribution >= 0.6 is 15.9 Å². The summed E-state index contributed by atoms with van der Waals surface area (Å²) in [6.45, 7) is 3.07. The zero-order valence-corrected chi connectivity index (χ0v) is 17.2. The van der Waals surface area contributed by atoms with Crippen LogP contribution in [0.3, 0.4) is 0 Å². The second-order valence-corrected chi connectivity index (χ2v) is 7.58. The summed E-state index contributed by atoms with van der Waals surface area (Å²) in [5.74, 6) is -0.510. The summed E-state index contributed by atoms with van der Waals surface area (Å²) in [4.78, 5) is 27.3. The standard InChI is InChI=1S/C21H22BrFN2O3/c1-14(28-19-10-9-15(23)13-17(19)22)20(26)24-18-8-4-3-7-16(18)21(27)25-11-5-2-6-12-25/h3-4,7-10,13-14H,2,5-6,11-12H2,1H3,(H,24,26). The van der Waals surface area contributed by atoms with Crippen LogP contribution in [0.15, 0.2) is 46.9 Å². The minimum atomic E-state index is -0.833. The third kappa shape index (κ3) is 4.90. The molecule has 5 nitrogen and oxygen atoms in total. The number of likely N-dealkylation sites (tertiary alicyclic amines) is 1. The fourth-order valence-corrected chi connectivity index (χ4v) is 3.54. The maximum absolute atomic E-state index is 13.2. The van der Waals surface area contributed by atoms with Crippen molar-refractivity contribution < 1.29 is 18.7 Å². The Hall–Kier alpha value is -2.41. The molecular formula is C21H22BrFN2O3. The number of carbonyl (C=O) groups is 2. The summed E-state index contributed by atoms with van der Waals surface area (Å²) >= 11 is 3.22. The van der Waals surface area contributed by atoms with Crippen LogP contribution in [-0.2, 0) is 4.79 Å². The Kier molecular flexibility index (Phi) is 6.67. The van der Waals surface area contributed by atoms with E-state index in [2.05, 4.69) is 21.2 Å². The number of nitrogens with one attached hydrogen (secondary N) is 1. The molecular weight excluding hydrogens is 427 g/mol. The average Bonchev–Trinajstić information content (AvgIpc) is 2.70. The number of nitrogens with zero attached hydrogens (tertiary/aromatic N) is 1. The van der Waals surface area contributed by atoms with Gasteiger partial charge in [-0.1, -0.05) is 12.1 Å². The topological polar surface area (TPSA) is 58.6 Å². The van der Waals surface area contributed by atoms with Crippen molar-refractivity contribution >= 4 is 33.4 Å². The van der Waals surface area contributed by atoms with Crippen LogP contribution in [-0.4, -0.2) is 35.9 Å². The number of hydrogen-bond donors (Lipinski definition) is 1. The zero-order valence-electron chi connectivity index (χ0n) is 15.6. The van der Waals surface area contributed by atoms with E-state index in [9.17, 15) is 14.0 Å². The third-order valence-corrected chi connectivity index (χ3v) is 5.25. The molecule has 1 N–H and O–H groups in total. The molecule has 0 aliphatic carbocycles. The molecule has 0 bridgehead atoms. The van der Waals surface area contributed by atoms with Gasteiger partial charge in [-0.25, -0.2) is 4.39 Å². The molecule has 2 aromatic carbocycles. The highest BCUT2D eigenvalue weighted by atomic mass is 79.9. The molecule has 148 valence electrons. The van der Waals surface area contributed by atoms with Crippen LogP contribution in [0.25, 0.3) is 0 Å². The Bertz CT molecular complexity index is 868. The zero-order chi connectivity index (χ0) is 20.1. The van der Waals surface area contributed by atoms with Gasteiger partial charge in [-0.2, -0.15) is 0 Å². The number of rotatable bonds is 5. The summed E-state index contributed by atoms with van der Waals surface area (Å²) in [6, 6.07) is 11.0. The van der Waals surface area contributed by atoms with Gasteiger partial charge in [-0.05, 0) is 72.4 Å². The molecule has 1 fully saturated rings. The van der Waals surface area contributed by atoms with Gasteiger partial charge in [0.25, 0.3) is 11.8 Å². The number of amides is 2. The van der Waals surface area contributed by atoms with E-state index >= 15 is 0 Å². The van der Waals surface area contributed by atoms with E-state index in [0.717, 1.165) is 32.4 Å². The molecule has 1 heterocycles. The minimum absolute atomic E-state index is 0.0783. The molecule has 1 unspecified atom stereocenters. The van der Waals surface area contributed by atoms with E-state index in [0.29, 0.717) is 21.5 Å². The number of para-hydroxylation sites is 1. The SMILES string of the molecule is CC(Oc1ccc(F)cc1Br)C(=O)Nc1ccccc1C(=O)N1CCCCC1. The van der Waals surface area contributed by atoms with Crippen molar-refractivity contribution in [3.05, 3.63) is 58.3 Å². The number of benzene rings is 2. The second-order valence-electron chi connectivity index (χ2n) is 6.72. The minimum Gasteiger partial charge on any atom is -0.480 e. The summed E-state index contributed by atoms with van der Waals surface area (Å²) in [5.41, 5.74) is 0.921. The van der Waals surface area contributed by atoms with Crippen molar-refractivity contribution in [3.63, 3.8) is 0 Å². The van der Waals surface area contributed by atoms with Crippen LogP contribution in [0.5, 0.6) is 5.75 Å². The molecule has 0 spiro atoms. The smallest absolute Gasteiger partial charge is 0.265 e. The highest BCUT2D eigenvalue weighted by Gasteiger charge is 2.23.